The van der Waals surface area contributed by atoms with Crippen LogP contribution in [0.15, 0.2) is 24.3 Å². The summed E-state index contributed by atoms with van der Waals surface area (Å²) in [6.07, 6.45) is 1.95. The predicted molar refractivity (Wildman–Crippen MR) is 71.5 cm³/mol. The number of likely N-dealkylation sites (tertiary alicyclic amines) is 1. The number of esters is 1. The smallest absolute Gasteiger partial charge is 0.323 e. The van der Waals surface area contributed by atoms with Crippen LogP contribution in [-0.2, 0) is 16.1 Å². The van der Waals surface area contributed by atoms with Crippen LogP contribution in [0.3, 0.4) is 0 Å². The van der Waals surface area contributed by atoms with E-state index in [2.05, 4.69) is 4.90 Å². The standard InChI is InChI=1S/C14H18ClNO2/c1-2-18-14(17)13-4-3-9-16(13)10-11-5-7-12(15)8-6-11/h5-8,13H,2-4,9-10H2,1H3. The number of carbonyl (C=O) groups excluding carboxylic acids is 1. The Bertz CT molecular complexity index is 405. The number of ether oxygens (including phenoxy) is 1. The Kier molecular flexibility index (Phi) is 4.61. The van der Waals surface area contributed by atoms with Crippen LogP contribution in [0.25, 0.3) is 0 Å². The molecule has 1 heterocycles. The van der Waals surface area contributed by atoms with Crippen LogP contribution in [0.4, 0.5) is 0 Å². The second kappa shape index (κ2) is 6.21. The van der Waals surface area contributed by atoms with E-state index in [0.717, 1.165) is 31.0 Å². The summed E-state index contributed by atoms with van der Waals surface area (Å²) >= 11 is 5.86. The quantitative estimate of drug-likeness (QED) is 0.786. The van der Waals surface area contributed by atoms with E-state index in [9.17, 15) is 4.79 Å². The van der Waals surface area contributed by atoms with Crippen LogP contribution in [0, 0.1) is 0 Å². The van der Waals surface area contributed by atoms with E-state index in [1.54, 1.807) is 0 Å². The zero-order valence-electron chi connectivity index (χ0n) is 10.6. The Balaban J connectivity index is 1.99. The van der Waals surface area contributed by atoms with Gasteiger partial charge in [-0.05, 0) is 44.0 Å². The molecule has 2 rings (SSSR count). The van der Waals surface area contributed by atoms with Crippen molar-refractivity contribution in [3.63, 3.8) is 0 Å². The van der Waals surface area contributed by atoms with E-state index in [-0.39, 0.29) is 12.0 Å². The first-order valence-corrected chi connectivity index (χ1v) is 6.73. The monoisotopic (exact) mass is 267 g/mol. The van der Waals surface area contributed by atoms with Crippen LogP contribution < -0.4 is 0 Å². The molecule has 0 radical (unpaired) electrons. The number of nitrogens with zero attached hydrogens (tertiary/aromatic N) is 1. The molecule has 1 aromatic rings. The normalized spacial score (nSPS) is 20.0. The van der Waals surface area contributed by atoms with Crippen molar-refractivity contribution in [2.75, 3.05) is 13.2 Å². The van der Waals surface area contributed by atoms with Crippen LogP contribution in [0.2, 0.25) is 5.02 Å². The molecule has 1 fully saturated rings. The average Bonchev–Trinajstić information content (AvgIpc) is 2.81. The molecule has 1 aliphatic rings. The maximum Gasteiger partial charge on any atom is 0.323 e. The molecule has 1 aliphatic heterocycles. The maximum absolute atomic E-state index is 11.8. The van der Waals surface area contributed by atoms with Gasteiger partial charge in [0.25, 0.3) is 0 Å². The Morgan fingerprint density at radius 1 is 1.44 bits per heavy atom. The number of carbonyl (C=O) groups is 1. The summed E-state index contributed by atoms with van der Waals surface area (Å²) in [4.78, 5) is 14.0. The molecule has 1 atom stereocenters. The number of hydrogen-bond acceptors (Lipinski definition) is 3. The SMILES string of the molecule is CCOC(=O)C1CCCN1Cc1ccc(Cl)cc1. The van der Waals surface area contributed by atoms with Crippen molar-refractivity contribution in [1.82, 2.24) is 4.90 Å². The molecule has 0 N–H and O–H groups in total. The summed E-state index contributed by atoms with van der Waals surface area (Å²) < 4.78 is 5.11. The first-order valence-electron chi connectivity index (χ1n) is 6.36. The zero-order chi connectivity index (χ0) is 13.0. The fraction of sp³-hybridized carbons (Fsp3) is 0.500. The van der Waals surface area contributed by atoms with Gasteiger partial charge in [0.15, 0.2) is 0 Å². The molecule has 0 aromatic heterocycles. The summed E-state index contributed by atoms with van der Waals surface area (Å²) in [5.41, 5.74) is 1.18. The molecule has 0 amide bonds. The minimum atomic E-state index is -0.0936. The Morgan fingerprint density at radius 3 is 2.83 bits per heavy atom. The molecule has 1 unspecified atom stereocenters. The van der Waals surface area contributed by atoms with Crippen LogP contribution in [0.5, 0.6) is 0 Å². The lowest BCUT2D eigenvalue weighted by molar-refractivity contribution is -0.148. The van der Waals surface area contributed by atoms with E-state index in [4.69, 9.17) is 16.3 Å². The van der Waals surface area contributed by atoms with Crippen molar-refractivity contribution in [3.8, 4) is 0 Å². The molecule has 4 heteroatoms. The van der Waals surface area contributed by atoms with E-state index in [1.807, 2.05) is 31.2 Å². The second-order valence-electron chi connectivity index (χ2n) is 4.51. The Labute approximate surface area is 113 Å². The minimum absolute atomic E-state index is 0.0828. The van der Waals surface area contributed by atoms with E-state index in [1.165, 1.54) is 5.56 Å². The molecule has 1 saturated heterocycles. The van der Waals surface area contributed by atoms with E-state index < -0.39 is 0 Å². The summed E-state index contributed by atoms with van der Waals surface area (Å²) in [5.74, 6) is -0.0936. The van der Waals surface area contributed by atoms with Gasteiger partial charge in [-0.15, -0.1) is 0 Å². The van der Waals surface area contributed by atoms with Gasteiger partial charge in [0.05, 0.1) is 6.61 Å². The van der Waals surface area contributed by atoms with Crippen molar-refractivity contribution in [1.29, 1.82) is 0 Å². The summed E-state index contributed by atoms with van der Waals surface area (Å²) in [7, 11) is 0. The largest absolute Gasteiger partial charge is 0.465 e. The van der Waals surface area contributed by atoms with E-state index >= 15 is 0 Å². The van der Waals surface area contributed by atoms with Gasteiger partial charge >= 0.3 is 5.97 Å². The van der Waals surface area contributed by atoms with Gasteiger partial charge in [-0.25, -0.2) is 0 Å². The Hall–Kier alpha value is -1.06. The second-order valence-corrected chi connectivity index (χ2v) is 4.94. The van der Waals surface area contributed by atoms with Gasteiger partial charge < -0.3 is 4.74 Å². The molecule has 0 aliphatic carbocycles. The van der Waals surface area contributed by atoms with Gasteiger partial charge in [0.1, 0.15) is 6.04 Å². The number of hydrogen-bond donors (Lipinski definition) is 0. The highest BCUT2D eigenvalue weighted by molar-refractivity contribution is 6.30. The van der Waals surface area contributed by atoms with Crippen molar-refractivity contribution < 1.29 is 9.53 Å². The molecule has 98 valence electrons. The third-order valence-corrected chi connectivity index (χ3v) is 3.47. The topological polar surface area (TPSA) is 29.5 Å². The number of benzene rings is 1. The van der Waals surface area contributed by atoms with Crippen molar-refractivity contribution >= 4 is 17.6 Å². The highest BCUT2D eigenvalue weighted by Gasteiger charge is 2.31. The molecular weight excluding hydrogens is 250 g/mol. The predicted octanol–water partition coefficient (Wildman–Crippen LogP) is 2.87. The first kappa shape index (κ1) is 13.4. The van der Waals surface area contributed by atoms with Gasteiger partial charge in [-0.1, -0.05) is 23.7 Å². The number of halogens is 1. The van der Waals surface area contributed by atoms with Crippen molar-refractivity contribution in [2.45, 2.75) is 32.4 Å². The van der Waals surface area contributed by atoms with Crippen LogP contribution in [0.1, 0.15) is 25.3 Å². The lowest BCUT2D eigenvalue weighted by Crippen LogP contribution is -2.36. The van der Waals surface area contributed by atoms with E-state index in [0.29, 0.717) is 6.61 Å². The van der Waals surface area contributed by atoms with Crippen molar-refractivity contribution in [3.05, 3.63) is 34.9 Å². The molecule has 3 nitrogen and oxygen atoms in total. The van der Waals surface area contributed by atoms with Crippen molar-refractivity contribution in [2.24, 2.45) is 0 Å². The van der Waals surface area contributed by atoms with Gasteiger partial charge in [0, 0.05) is 11.6 Å². The molecule has 0 spiro atoms. The fourth-order valence-electron chi connectivity index (χ4n) is 2.35. The lowest BCUT2D eigenvalue weighted by Gasteiger charge is -2.22. The highest BCUT2D eigenvalue weighted by atomic mass is 35.5. The highest BCUT2D eigenvalue weighted by Crippen LogP contribution is 2.21. The third-order valence-electron chi connectivity index (χ3n) is 3.22. The summed E-state index contributed by atoms with van der Waals surface area (Å²) in [6, 6.07) is 7.69. The average molecular weight is 268 g/mol. The maximum atomic E-state index is 11.8. The van der Waals surface area contributed by atoms with Crippen LogP contribution in [-0.4, -0.2) is 30.1 Å². The molecule has 0 saturated carbocycles. The lowest BCUT2D eigenvalue weighted by atomic mass is 10.2. The number of rotatable bonds is 4. The molecule has 18 heavy (non-hydrogen) atoms. The fourth-order valence-corrected chi connectivity index (χ4v) is 2.47. The summed E-state index contributed by atoms with van der Waals surface area (Å²) in [5, 5.41) is 0.738. The third kappa shape index (κ3) is 3.24. The van der Waals surface area contributed by atoms with Gasteiger partial charge in [-0.3, -0.25) is 9.69 Å². The molecule has 1 aromatic carbocycles. The van der Waals surface area contributed by atoms with Gasteiger partial charge in [-0.2, -0.15) is 0 Å². The van der Waals surface area contributed by atoms with Crippen LogP contribution >= 0.6 is 11.6 Å². The van der Waals surface area contributed by atoms with Gasteiger partial charge in [0.2, 0.25) is 0 Å². The molecular formula is C14H18ClNO2. The zero-order valence-corrected chi connectivity index (χ0v) is 11.3. The minimum Gasteiger partial charge on any atom is -0.465 e. The molecule has 0 bridgehead atoms. The summed E-state index contributed by atoms with van der Waals surface area (Å²) in [6.45, 7) is 4.02. The first-order chi connectivity index (χ1) is 8.70. The Morgan fingerprint density at radius 2 is 2.17 bits per heavy atom.